The number of halogens is 1. The van der Waals surface area contributed by atoms with E-state index in [0.29, 0.717) is 5.11 Å². The Kier molecular flexibility index (Phi) is 5.63. The van der Waals surface area contributed by atoms with Crippen LogP contribution in [0.3, 0.4) is 0 Å². The summed E-state index contributed by atoms with van der Waals surface area (Å²) in [4.78, 5) is 4.32. The van der Waals surface area contributed by atoms with Gasteiger partial charge in [-0.1, -0.05) is 37.5 Å². The molecule has 1 aliphatic rings. The van der Waals surface area contributed by atoms with Crippen molar-refractivity contribution in [1.29, 1.82) is 0 Å². The molecule has 1 heterocycles. The van der Waals surface area contributed by atoms with E-state index in [-0.39, 0.29) is 11.2 Å². The third kappa shape index (κ3) is 4.54. The topological polar surface area (TPSA) is 37.0 Å². The van der Waals surface area contributed by atoms with E-state index in [1.54, 1.807) is 12.1 Å². The molecule has 1 saturated carbocycles. The Hall–Kier alpha value is -2.01. The summed E-state index contributed by atoms with van der Waals surface area (Å²) in [6.45, 7) is 2.75. The second kappa shape index (κ2) is 7.91. The molecule has 1 aliphatic carbocycles. The number of hydrogen-bond acceptors (Lipinski definition) is 2. The van der Waals surface area contributed by atoms with Gasteiger partial charge < -0.3 is 10.6 Å². The lowest BCUT2D eigenvalue weighted by atomic mass is 9.69. The average Bonchev–Trinajstić information content (AvgIpc) is 2.63. The molecule has 3 rings (SSSR count). The Morgan fingerprint density at radius 2 is 1.84 bits per heavy atom. The fourth-order valence-electron chi connectivity index (χ4n) is 3.55. The van der Waals surface area contributed by atoms with E-state index < -0.39 is 0 Å². The maximum Gasteiger partial charge on any atom is 0.171 e. The monoisotopic (exact) mass is 357 g/mol. The molecule has 2 N–H and O–H groups in total. The summed E-state index contributed by atoms with van der Waals surface area (Å²) in [5.41, 5.74) is 2.32. The molecule has 1 aromatic heterocycles. The smallest absolute Gasteiger partial charge is 0.171 e. The van der Waals surface area contributed by atoms with Crippen molar-refractivity contribution < 1.29 is 4.39 Å². The molecule has 132 valence electrons. The van der Waals surface area contributed by atoms with Crippen molar-refractivity contribution in [1.82, 2.24) is 10.3 Å². The molecule has 3 nitrogen and oxygen atoms in total. The predicted octanol–water partition coefficient (Wildman–Crippen LogP) is 4.72. The van der Waals surface area contributed by atoms with Crippen LogP contribution in [0.15, 0.2) is 42.6 Å². The summed E-state index contributed by atoms with van der Waals surface area (Å²) in [6, 6.07) is 10.9. The zero-order chi connectivity index (χ0) is 17.7. The molecular formula is C20H24FN3S. The molecule has 5 heteroatoms. The summed E-state index contributed by atoms with van der Waals surface area (Å²) >= 11 is 5.44. The van der Waals surface area contributed by atoms with Crippen molar-refractivity contribution in [3.8, 4) is 0 Å². The zero-order valence-electron chi connectivity index (χ0n) is 14.5. The van der Waals surface area contributed by atoms with Gasteiger partial charge >= 0.3 is 0 Å². The number of hydrogen-bond donors (Lipinski definition) is 2. The van der Waals surface area contributed by atoms with Crippen molar-refractivity contribution in [3.63, 3.8) is 0 Å². The number of benzene rings is 1. The maximum atomic E-state index is 13.3. The largest absolute Gasteiger partial charge is 0.362 e. The first-order valence-corrected chi connectivity index (χ1v) is 9.22. The molecule has 0 unspecified atom stereocenters. The Balaban J connectivity index is 1.67. The quantitative estimate of drug-likeness (QED) is 0.777. The van der Waals surface area contributed by atoms with Gasteiger partial charge in [0.1, 0.15) is 11.6 Å². The number of aryl methyl sites for hydroxylation is 1. The van der Waals surface area contributed by atoms with Crippen LogP contribution in [0.25, 0.3) is 0 Å². The van der Waals surface area contributed by atoms with E-state index >= 15 is 0 Å². The van der Waals surface area contributed by atoms with Gasteiger partial charge in [0.15, 0.2) is 5.11 Å². The van der Waals surface area contributed by atoms with Gasteiger partial charge in [-0.3, -0.25) is 0 Å². The van der Waals surface area contributed by atoms with E-state index in [2.05, 4.69) is 15.6 Å². The van der Waals surface area contributed by atoms with Crippen molar-refractivity contribution in [2.45, 2.75) is 44.4 Å². The molecule has 1 aromatic carbocycles. The Labute approximate surface area is 154 Å². The van der Waals surface area contributed by atoms with Crippen LogP contribution in [-0.4, -0.2) is 16.6 Å². The second-order valence-corrected chi connectivity index (χ2v) is 7.28. The van der Waals surface area contributed by atoms with Crippen molar-refractivity contribution >= 4 is 23.1 Å². The third-order valence-electron chi connectivity index (χ3n) is 5.01. The second-order valence-electron chi connectivity index (χ2n) is 6.88. The van der Waals surface area contributed by atoms with Gasteiger partial charge in [-0.2, -0.15) is 0 Å². The minimum atomic E-state index is -0.190. The zero-order valence-corrected chi connectivity index (χ0v) is 15.3. The van der Waals surface area contributed by atoms with Crippen LogP contribution < -0.4 is 10.6 Å². The summed E-state index contributed by atoms with van der Waals surface area (Å²) < 4.78 is 13.3. The number of anilines is 1. The molecule has 0 amide bonds. The molecule has 0 aliphatic heterocycles. The fourth-order valence-corrected chi connectivity index (χ4v) is 3.73. The highest BCUT2D eigenvalue weighted by atomic mass is 32.1. The molecule has 1 fully saturated rings. The Morgan fingerprint density at radius 3 is 2.48 bits per heavy atom. The third-order valence-corrected chi connectivity index (χ3v) is 5.25. The highest BCUT2D eigenvalue weighted by Crippen LogP contribution is 2.39. The number of thiocarbonyl (C=S) groups is 1. The van der Waals surface area contributed by atoms with Crippen molar-refractivity contribution in [2.75, 3.05) is 11.9 Å². The fraction of sp³-hybridized carbons (Fsp3) is 0.400. The van der Waals surface area contributed by atoms with Crippen LogP contribution in [0.4, 0.5) is 10.2 Å². The standard InChI is InChI=1S/C20H24FN3S/c1-15-5-10-18(22-13-15)24-19(25)23-14-20(11-3-2-4-12-20)16-6-8-17(21)9-7-16/h5-10,13H,2-4,11-12,14H2,1H3,(H2,22,23,24,25). The van der Waals surface area contributed by atoms with Crippen LogP contribution in [0.2, 0.25) is 0 Å². The molecule has 2 aromatic rings. The van der Waals surface area contributed by atoms with E-state index in [9.17, 15) is 4.39 Å². The molecule has 0 spiro atoms. The SMILES string of the molecule is Cc1ccc(NC(=S)NCC2(c3ccc(F)cc3)CCCCC2)nc1. The number of nitrogens with zero attached hydrogens (tertiary/aromatic N) is 1. The number of aromatic nitrogens is 1. The van der Waals surface area contributed by atoms with Gasteiger partial charge in [0.05, 0.1) is 0 Å². The van der Waals surface area contributed by atoms with Gasteiger partial charge in [-0.05, 0) is 61.3 Å². The minimum absolute atomic E-state index is 0.0123. The lowest BCUT2D eigenvalue weighted by molar-refractivity contribution is 0.292. The first-order chi connectivity index (χ1) is 12.1. The average molecular weight is 357 g/mol. The summed E-state index contributed by atoms with van der Waals surface area (Å²) in [7, 11) is 0. The lowest BCUT2D eigenvalue weighted by Gasteiger charge is -2.38. The molecule has 0 radical (unpaired) electrons. The van der Waals surface area contributed by atoms with Crippen LogP contribution in [0, 0.1) is 12.7 Å². The number of pyridine rings is 1. The van der Waals surface area contributed by atoms with Crippen LogP contribution >= 0.6 is 12.2 Å². The van der Waals surface area contributed by atoms with E-state index in [4.69, 9.17) is 12.2 Å². The van der Waals surface area contributed by atoms with Crippen LogP contribution in [0.1, 0.15) is 43.2 Å². The van der Waals surface area contributed by atoms with E-state index in [0.717, 1.165) is 30.8 Å². The van der Waals surface area contributed by atoms with Crippen molar-refractivity contribution in [3.05, 3.63) is 59.5 Å². The van der Waals surface area contributed by atoms with Gasteiger partial charge in [-0.25, -0.2) is 9.37 Å². The van der Waals surface area contributed by atoms with Gasteiger partial charge in [0, 0.05) is 18.2 Å². The molecule has 25 heavy (non-hydrogen) atoms. The summed E-state index contributed by atoms with van der Waals surface area (Å²) in [6.07, 6.45) is 7.65. The van der Waals surface area contributed by atoms with E-state index in [1.165, 1.54) is 24.8 Å². The van der Waals surface area contributed by atoms with Gasteiger partial charge in [0.2, 0.25) is 0 Å². The first kappa shape index (κ1) is 17.8. The minimum Gasteiger partial charge on any atom is -0.362 e. The van der Waals surface area contributed by atoms with Gasteiger partial charge in [-0.15, -0.1) is 0 Å². The molecular weight excluding hydrogens is 333 g/mol. The van der Waals surface area contributed by atoms with Crippen molar-refractivity contribution in [2.24, 2.45) is 0 Å². The molecule has 0 saturated heterocycles. The molecule has 0 bridgehead atoms. The number of nitrogens with one attached hydrogen (secondary N) is 2. The van der Waals surface area contributed by atoms with Crippen LogP contribution in [-0.2, 0) is 5.41 Å². The highest BCUT2D eigenvalue weighted by molar-refractivity contribution is 7.80. The lowest BCUT2D eigenvalue weighted by Crippen LogP contribution is -2.43. The van der Waals surface area contributed by atoms with E-state index in [1.807, 2.05) is 37.4 Å². The molecule has 0 atom stereocenters. The van der Waals surface area contributed by atoms with Gasteiger partial charge in [0.25, 0.3) is 0 Å². The number of rotatable bonds is 4. The maximum absolute atomic E-state index is 13.3. The highest BCUT2D eigenvalue weighted by Gasteiger charge is 2.33. The normalized spacial score (nSPS) is 16.2. The van der Waals surface area contributed by atoms with Crippen LogP contribution in [0.5, 0.6) is 0 Å². The summed E-state index contributed by atoms with van der Waals surface area (Å²) in [5, 5.41) is 7.06. The Bertz CT molecular complexity index is 707. The summed E-state index contributed by atoms with van der Waals surface area (Å²) in [5.74, 6) is 0.549. The Morgan fingerprint density at radius 1 is 1.12 bits per heavy atom. The first-order valence-electron chi connectivity index (χ1n) is 8.81. The predicted molar refractivity (Wildman–Crippen MR) is 104 cm³/mol.